The van der Waals surface area contributed by atoms with Gasteiger partial charge >= 0.3 is 5.97 Å². The topological polar surface area (TPSA) is 101 Å². The van der Waals surface area contributed by atoms with Crippen LogP contribution in [0.25, 0.3) is 10.8 Å². The second-order valence-electron chi connectivity index (χ2n) is 9.41. The number of ether oxygens (including phenoxy) is 1. The molecule has 5 rings (SSSR count). The summed E-state index contributed by atoms with van der Waals surface area (Å²) in [4.78, 5) is 12.4. The standard InChI is InChI=1S/C19H20N4O2.C5H10O2/c24-12-17-10-20-21-23(17)19-7-8-22(19)11-18(19)25-13-14-5-6-15-3-1-2-4-16(15)9-14;1-5(2,3)4(6)7/h1-6,9-10,18,24H,7-8,11-13H2;1-3H3,(H,6,7). The molecule has 2 fully saturated rings. The van der Waals surface area contributed by atoms with Crippen molar-refractivity contribution in [3.05, 3.63) is 59.9 Å². The normalized spacial score (nSPS) is 22.3. The molecule has 8 heteroatoms. The second kappa shape index (κ2) is 8.61. The number of aliphatic hydroxyl groups excluding tert-OH is 1. The molecule has 0 spiro atoms. The Morgan fingerprint density at radius 2 is 1.94 bits per heavy atom. The van der Waals surface area contributed by atoms with E-state index in [1.807, 2.05) is 4.68 Å². The predicted molar refractivity (Wildman–Crippen MR) is 120 cm³/mol. The number of carboxylic acid groups (broad SMARTS) is 1. The number of hydrogen-bond acceptors (Lipinski definition) is 6. The minimum atomic E-state index is -0.757. The van der Waals surface area contributed by atoms with Crippen LogP contribution >= 0.6 is 0 Å². The fraction of sp³-hybridized carbons (Fsp3) is 0.458. The lowest BCUT2D eigenvalue weighted by molar-refractivity contribution is -0.276. The van der Waals surface area contributed by atoms with Gasteiger partial charge in [-0.3, -0.25) is 9.69 Å². The summed E-state index contributed by atoms with van der Waals surface area (Å²) in [7, 11) is 0. The summed E-state index contributed by atoms with van der Waals surface area (Å²) < 4.78 is 8.11. The highest BCUT2D eigenvalue weighted by atomic mass is 16.5. The fourth-order valence-corrected chi connectivity index (χ4v) is 4.12. The molecule has 2 atom stereocenters. The first-order valence-electron chi connectivity index (χ1n) is 10.8. The number of carboxylic acids is 1. The van der Waals surface area contributed by atoms with Crippen LogP contribution in [-0.4, -0.2) is 55.3 Å². The van der Waals surface area contributed by atoms with Crippen LogP contribution in [0.1, 0.15) is 38.4 Å². The Morgan fingerprint density at radius 1 is 1.22 bits per heavy atom. The van der Waals surface area contributed by atoms with Gasteiger partial charge in [-0.15, -0.1) is 5.10 Å². The van der Waals surface area contributed by atoms with Crippen molar-refractivity contribution in [3.63, 3.8) is 0 Å². The summed E-state index contributed by atoms with van der Waals surface area (Å²) in [5, 5.41) is 28.4. The molecule has 32 heavy (non-hydrogen) atoms. The minimum absolute atomic E-state index is 0.0556. The molecule has 0 aliphatic carbocycles. The highest BCUT2D eigenvalue weighted by Crippen LogP contribution is 2.48. The van der Waals surface area contributed by atoms with Gasteiger partial charge in [-0.25, -0.2) is 4.68 Å². The zero-order valence-corrected chi connectivity index (χ0v) is 18.7. The summed E-state index contributed by atoms with van der Waals surface area (Å²) in [6.45, 7) is 7.45. The van der Waals surface area contributed by atoms with Crippen molar-refractivity contribution in [2.75, 3.05) is 13.1 Å². The van der Waals surface area contributed by atoms with E-state index in [9.17, 15) is 9.90 Å². The molecule has 0 amide bonds. The molecule has 2 unspecified atom stereocenters. The van der Waals surface area contributed by atoms with Gasteiger partial charge in [0.25, 0.3) is 0 Å². The van der Waals surface area contributed by atoms with Crippen LogP contribution in [0, 0.1) is 5.41 Å². The molecule has 3 aromatic rings. The lowest BCUT2D eigenvalue weighted by Crippen LogP contribution is -2.79. The van der Waals surface area contributed by atoms with Crippen molar-refractivity contribution in [1.29, 1.82) is 0 Å². The average molecular weight is 439 g/mol. The molecule has 3 heterocycles. The van der Waals surface area contributed by atoms with Crippen molar-refractivity contribution in [2.45, 2.75) is 52.2 Å². The van der Waals surface area contributed by atoms with Gasteiger partial charge in [-0.1, -0.05) is 41.6 Å². The molecule has 0 radical (unpaired) electrons. The fourth-order valence-electron chi connectivity index (χ4n) is 4.12. The molecule has 2 aromatic carbocycles. The van der Waals surface area contributed by atoms with Gasteiger partial charge in [0.2, 0.25) is 0 Å². The third kappa shape index (κ3) is 4.01. The quantitative estimate of drug-likeness (QED) is 0.631. The second-order valence-corrected chi connectivity index (χ2v) is 9.41. The van der Waals surface area contributed by atoms with Crippen LogP contribution < -0.4 is 0 Å². The molecular weight excluding hydrogens is 408 g/mol. The van der Waals surface area contributed by atoms with Gasteiger partial charge in [0, 0.05) is 19.5 Å². The van der Waals surface area contributed by atoms with Crippen molar-refractivity contribution in [3.8, 4) is 0 Å². The van der Waals surface area contributed by atoms with E-state index < -0.39 is 11.4 Å². The maximum Gasteiger partial charge on any atom is 0.308 e. The number of benzene rings is 2. The Bertz CT molecular complexity index is 1110. The van der Waals surface area contributed by atoms with Crippen LogP contribution in [0.15, 0.2) is 48.7 Å². The Morgan fingerprint density at radius 3 is 2.53 bits per heavy atom. The molecule has 0 saturated carbocycles. The lowest BCUT2D eigenvalue weighted by atomic mass is 9.79. The number of aliphatic carboxylic acids is 1. The van der Waals surface area contributed by atoms with Gasteiger partial charge in [-0.2, -0.15) is 0 Å². The molecule has 1 aromatic heterocycles. The number of piperidine rings is 1. The van der Waals surface area contributed by atoms with Crippen LogP contribution in [0.3, 0.4) is 0 Å². The van der Waals surface area contributed by atoms with E-state index in [0.29, 0.717) is 6.61 Å². The molecule has 2 N–H and O–H groups in total. The molecule has 170 valence electrons. The van der Waals surface area contributed by atoms with Crippen LogP contribution in [0.5, 0.6) is 0 Å². The monoisotopic (exact) mass is 438 g/mol. The largest absolute Gasteiger partial charge is 0.481 e. The van der Waals surface area contributed by atoms with E-state index in [1.54, 1.807) is 27.0 Å². The zero-order chi connectivity index (χ0) is 22.9. The summed E-state index contributed by atoms with van der Waals surface area (Å²) in [6.07, 6.45) is 2.68. The van der Waals surface area contributed by atoms with Crippen molar-refractivity contribution in [1.82, 2.24) is 19.9 Å². The van der Waals surface area contributed by atoms with E-state index in [-0.39, 0.29) is 18.4 Å². The van der Waals surface area contributed by atoms with E-state index in [2.05, 4.69) is 57.7 Å². The first-order valence-corrected chi connectivity index (χ1v) is 10.8. The van der Waals surface area contributed by atoms with Crippen LogP contribution in [-0.2, 0) is 28.4 Å². The van der Waals surface area contributed by atoms with E-state index in [4.69, 9.17) is 9.84 Å². The molecule has 8 nitrogen and oxygen atoms in total. The Balaban J connectivity index is 0.000000307. The number of aliphatic hydroxyl groups is 1. The summed E-state index contributed by atoms with van der Waals surface area (Å²) >= 11 is 0. The molecule has 2 aliphatic heterocycles. The highest BCUT2D eigenvalue weighted by Gasteiger charge is 2.63. The first kappa shape index (κ1) is 22.4. The maximum atomic E-state index is 10.0. The highest BCUT2D eigenvalue weighted by molar-refractivity contribution is 5.82. The average Bonchev–Trinajstić information content (AvgIpc) is 3.22. The number of hydrogen-bond donors (Lipinski definition) is 2. The number of nitrogens with zero attached hydrogens (tertiary/aromatic N) is 4. The van der Waals surface area contributed by atoms with Gasteiger partial charge in [0.15, 0.2) is 0 Å². The van der Waals surface area contributed by atoms with E-state index in [0.717, 1.165) is 25.2 Å². The third-order valence-corrected chi connectivity index (χ3v) is 6.25. The van der Waals surface area contributed by atoms with E-state index in [1.165, 1.54) is 16.3 Å². The third-order valence-electron chi connectivity index (χ3n) is 6.25. The Labute approximate surface area is 187 Å². The van der Waals surface area contributed by atoms with Gasteiger partial charge < -0.3 is 14.9 Å². The number of rotatable bonds is 5. The SMILES string of the molecule is CC(C)(C)C(=O)O.OCc1cnnn1C12CCN1CC2OCc1ccc2ccccc2c1. The maximum absolute atomic E-state index is 10.0. The number of carbonyl (C=O) groups is 1. The van der Waals surface area contributed by atoms with E-state index >= 15 is 0 Å². The van der Waals surface area contributed by atoms with Gasteiger partial charge in [-0.05, 0) is 43.2 Å². The van der Waals surface area contributed by atoms with Gasteiger partial charge in [0.05, 0.1) is 30.5 Å². The van der Waals surface area contributed by atoms with Gasteiger partial charge in [0.1, 0.15) is 11.8 Å². The Kier molecular flexibility index (Phi) is 6.03. The summed E-state index contributed by atoms with van der Waals surface area (Å²) in [5.41, 5.74) is 1.07. The van der Waals surface area contributed by atoms with Crippen molar-refractivity contribution >= 4 is 16.7 Å². The Hall–Kier alpha value is -2.81. The van der Waals surface area contributed by atoms with Crippen molar-refractivity contribution in [2.24, 2.45) is 5.41 Å². The molecule has 0 bridgehead atoms. The zero-order valence-electron chi connectivity index (χ0n) is 18.7. The lowest BCUT2D eigenvalue weighted by Gasteiger charge is -2.65. The predicted octanol–water partition coefficient (Wildman–Crippen LogP) is 3.00. The van der Waals surface area contributed by atoms with Crippen molar-refractivity contribution < 1.29 is 19.7 Å². The number of fused-ring (bicyclic) bond motifs is 2. The molecule has 2 aliphatic rings. The molecule has 2 saturated heterocycles. The summed E-state index contributed by atoms with van der Waals surface area (Å²) in [5.74, 6) is -0.757. The molecular formula is C24H30N4O4. The smallest absolute Gasteiger partial charge is 0.308 e. The van der Waals surface area contributed by atoms with Crippen LogP contribution in [0.4, 0.5) is 0 Å². The van der Waals surface area contributed by atoms with Crippen LogP contribution in [0.2, 0.25) is 0 Å². The summed E-state index contributed by atoms with van der Waals surface area (Å²) in [6, 6.07) is 14.8. The first-order chi connectivity index (χ1) is 15.3. The number of aromatic nitrogens is 3. The minimum Gasteiger partial charge on any atom is -0.481 e.